The lowest BCUT2D eigenvalue weighted by atomic mass is 10.1. The van der Waals surface area contributed by atoms with Crippen LogP contribution in [0.2, 0.25) is 0 Å². The standard InChI is InChI=1S/C8H14FN3S/c1-4-5-12-6(8(2,3)9)10-11-7(12)13/h4-5H2,1-3H3,(H,11,13). The van der Waals surface area contributed by atoms with Crippen LogP contribution in [0.5, 0.6) is 0 Å². The smallest absolute Gasteiger partial charge is 0.195 e. The number of nitrogens with zero attached hydrogens (tertiary/aromatic N) is 2. The number of halogens is 1. The van der Waals surface area contributed by atoms with Gasteiger partial charge in [0.25, 0.3) is 0 Å². The summed E-state index contributed by atoms with van der Waals surface area (Å²) in [6, 6.07) is 0. The van der Waals surface area contributed by atoms with Gasteiger partial charge in [-0.25, -0.2) is 4.39 Å². The van der Waals surface area contributed by atoms with E-state index in [4.69, 9.17) is 12.2 Å². The monoisotopic (exact) mass is 203 g/mol. The molecule has 0 fully saturated rings. The first-order chi connectivity index (χ1) is 5.96. The molecule has 1 rings (SSSR count). The van der Waals surface area contributed by atoms with Gasteiger partial charge >= 0.3 is 0 Å². The van der Waals surface area contributed by atoms with Crippen LogP contribution in [0.25, 0.3) is 0 Å². The third-order valence-corrected chi connectivity index (χ3v) is 2.05. The van der Waals surface area contributed by atoms with Crippen LogP contribution in [-0.2, 0) is 12.2 Å². The number of aromatic amines is 1. The zero-order valence-electron chi connectivity index (χ0n) is 8.09. The van der Waals surface area contributed by atoms with Crippen molar-refractivity contribution in [3.8, 4) is 0 Å². The van der Waals surface area contributed by atoms with Crippen LogP contribution in [0.4, 0.5) is 4.39 Å². The molecule has 3 nitrogen and oxygen atoms in total. The molecule has 0 aromatic carbocycles. The Hall–Kier alpha value is -0.710. The van der Waals surface area contributed by atoms with Crippen molar-refractivity contribution < 1.29 is 4.39 Å². The first-order valence-corrected chi connectivity index (χ1v) is 4.72. The molecule has 1 heterocycles. The number of aromatic nitrogens is 3. The molecule has 0 aliphatic rings. The van der Waals surface area contributed by atoms with Gasteiger partial charge in [0, 0.05) is 6.54 Å². The highest BCUT2D eigenvalue weighted by Gasteiger charge is 2.25. The van der Waals surface area contributed by atoms with Crippen LogP contribution < -0.4 is 0 Å². The molecule has 0 aliphatic heterocycles. The Morgan fingerprint density at radius 2 is 2.23 bits per heavy atom. The Kier molecular flexibility index (Phi) is 2.85. The molecule has 0 amide bonds. The molecule has 0 bridgehead atoms. The van der Waals surface area contributed by atoms with Crippen molar-refractivity contribution >= 4 is 12.2 Å². The lowest BCUT2D eigenvalue weighted by molar-refractivity contribution is 0.198. The van der Waals surface area contributed by atoms with Gasteiger partial charge in [0.1, 0.15) is 0 Å². The van der Waals surface area contributed by atoms with Crippen LogP contribution in [0.15, 0.2) is 0 Å². The normalized spacial score (nSPS) is 12.0. The Morgan fingerprint density at radius 3 is 2.69 bits per heavy atom. The minimum atomic E-state index is -1.44. The fourth-order valence-corrected chi connectivity index (χ4v) is 1.43. The molecule has 0 saturated heterocycles. The van der Waals surface area contributed by atoms with Gasteiger partial charge in [-0.2, -0.15) is 5.10 Å². The first kappa shape index (κ1) is 10.4. The third kappa shape index (κ3) is 2.15. The lowest BCUT2D eigenvalue weighted by Crippen LogP contribution is -2.17. The molecule has 13 heavy (non-hydrogen) atoms. The second-order valence-electron chi connectivity index (χ2n) is 3.48. The molecule has 74 valence electrons. The fourth-order valence-electron chi connectivity index (χ4n) is 1.20. The molecule has 1 N–H and O–H groups in total. The molecular formula is C8H14FN3S. The Morgan fingerprint density at radius 1 is 1.62 bits per heavy atom. The average molecular weight is 203 g/mol. The van der Waals surface area contributed by atoms with E-state index >= 15 is 0 Å². The maximum Gasteiger partial charge on any atom is 0.195 e. The summed E-state index contributed by atoms with van der Waals surface area (Å²) in [7, 11) is 0. The zero-order chi connectivity index (χ0) is 10.1. The summed E-state index contributed by atoms with van der Waals surface area (Å²) in [5.41, 5.74) is -1.44. The lowest BCUT2D eigenvalue weighted by Gasteiger charge is -2.14. The van der Waals surface area contributed by atoms with Gasteiger partial charge in [-0.15, -0.1) is 0 Å². The summed E-state index contributed by atoms with van der Waals surface area (Å²) >= 11 is 4.99. The van der Waals surface area contributed by atoms with Gasteiger partial charge in [-0.3, -0.25) is 5.10 Å². The predicted molar refractivity (Wildman–Crippen MR) is 51.8 cm³/mol. The summed E-state index contributed by atoms with van der Waals surface area (Å²) in [4.78, 5) is 0. The third-order valence-electron chi connectivity index (χ3n) is 1.74. The maximum atomic E-state index is 13.6. The minimum Gasteiger partial charge on any atom is -0.301 e. The van der Waals surface area contributed by atoms with E-state index in [1.54, 1.807) is 4.57 Å². The molecule has 5 heteroatoms. The molecule has 1 aromatic rings. The molecule has 0 aliphatic carbocycles. The van der Waals surface area contributed by atoms with E-state index in [1.165, 1.54) is 13.8 Å². The van der Waals surface area contributed by atoms with Gasteiger partial charge in [-0.1, -0.05) is 6.92 Å². The van der Waals surface area contributed by atoms with E-state index in [9.17, 15) is 4.39 Å². The van der Waals surface area contributed by atoms with Crippen molar-refractivity contribution in [2.75, 3.05) is 0 Å². The second-order valence-corrected chi connectivity index (χ2v) is 3.86. The van der Waals surface area contributed by atoms with Crippen molar-refractivity contribution in [1.29, 1.82) is 0 Å². The zero-order valence-corrected chi connectivity index (χ0v) is 8.91. The molecule has 0 radical (unpaired) electrons. The Bertz CT molecular complexity index is 334. The van der Waals surface area contributed by atoms with Crippen molar-refractivity contribution in [2.24, 2.45) is 0 Å². The summed E-state index contributed by atoms with van der Waals surface area (Å²) in [5, 5.41) is 6.48. The van der Waals surface area contributed by atoms with Crippen LogP contribution in [0, 0.1) is 4.77 Å². The average Bonchev–Trinajstić information content (AvgIpc) is 2.32. The van der Waals surface area contributed by atoms with Crippen LogP contribution >= 0.6 is 12.2 Å². The van der Waals surface area contributed by atoms with Crippen molar-refractivity contribution in [1.82, 2.24) is 14.8 Å². The molecular weight excluding hydrogens is 189 g/mol. The van der Waals surface area contributed by atoms with Crippen molar-refractivity contribution in [3.05, 3.63) is 10.6 Å². The maximum absolute atomic E-state index is 13.6. The SMILES string of the molecule is CCCn1c(C(C)(C)F)n[nH]c1=S. The summed E-state index contributed by atoms with van der Waals surface area (Å²) in [6.45, 7) is 5.68. The van der Waals surface area contributed by atoms with E-state index < -0.39 is 5.67 Å². The number of alkyl halides is 1. The van der Waals surface area contributed by atoms with Crippen LogP contribution in [0.3, 0.4) is 0 Å². The predicted octanol–water partition coefficient (Wildman–Crippen LogP) is 2.56. The van der Waals surface area contributed by atoms with Gasteiger partial charge in [-0.05, 0) is 32.5 Å². The van der Waals surface area contributed by atoms with Gasteiger partial charge in [0.15, 0.2) is 16.3 Å². The number of hydrogen-bond donors (Lipinski definition) is 1. The molecule has 0 atom stereocenters. The molecule has 0 spiro atoms. The van der Waals surface area contributed by atoms with E-state index in [1.807, 2.05) is 6.92 Å². The number of rotatable bonds is 3. The first-order valence-electron chi connectivity index (χ1n) is 4.31. The minimum absolute atomic E-state index is 0.374. The van der Waals surface area contributed by atoms with E-state index in [2.05, 4.69) is 10.2 Å². The topological polar surface area (TPSA) is 33.6 Å². The number of nitrogens with one attached hydrogen (secondary N) is 1. The van der Waals surface area contributed by atoms with Gasteiger partial charge in [0.05, 0.1) is 0 Å². The number of hydrogen-bond acceptors (Lipinski definition) is 2. The van der Waals surface area contributed by atoms with E-state index in [0.717, 1.165) is 6.42 Å². The second kappa shape index (κ2) is 3.57. The Labute approximate surface area is 82.0 Å². The van der Waals surface area contributed by atoms with Crippen molar-refractivity contribution in [3.63, 3.8) is 0 Å². The highest BCUT2D eigenvalue weighted by atomic mass is 32.1. The van der Waals surface area contributed by atoms with Crippen LogP contribution in [0.1, 0.15) is 33.0 Å². The molecule has 1 aromatic heterocycles. The molecule has 0 unspecified atom stereocenters. The summed E-state index contributed by atoms with van der Waals surface area (Å²) in [6.07, 6.45) is 0.914. The quantitative estimate of drug-likeness (QED) is 0.766. The Balaban J connectivity index is 3.15. The van der Waals surface area contributed by atoms with E-state index in [-0.39, 0.29) is 0 Å². The van der Waals surface area contributed by atoms with Gasteiger partial charge < -0.3 is 4.57 Å². The van der Waals surface area contributed by atoms with Crippen LogP contribution in [-0.4, -0.2) is 14.8 Å². The highest BCUT2D eigenvalue weighted by molar-refractivity contribution is 7.71. The van der Waals surface area contributed by atoms with Crippen molar-refractivity contribution in [2.45, 2.75) is 39.4 Å². The van der Waals surface area contributed by atoms with Gasteiger partial charge in [0.2, 0.25) is 0 Å². The number of H-pyrrole nitrogens is 1. The summed E-state index contributed by atoms with van der Waals surface area (Å²) in [5.74, 6) is 0.374. The molecule has 0 saturated carbocycles. The fraction of sp³-hybridized carbons (Fsp3) is 0.750. The largest absolute Gasteiger partial charge is 0.301 e. The highest BCUT2D eigenvalue weighted by Crippen LogP contribution is 2.22. The van der Waals surface area contributed by atoms with E-state index in [0.29, 0.717) is 17.1 Å². The summed E-state index contributed by atoms with van der Waals surface area (Å²) < 4.78 is 15.8.